The SMILES string of the molecule is CCCC(OC=O)c1cccc2cccc(C)c12. The van der Waals surface area contributed by atoms with Gasteiger partial charge in [-0.3, -0.25) is 4.79 Å². The number of aryl methyl sites for hydroxylation is 1. The van der Waals surface area contributed by atoms with Gasteiger partial charge in [0.05, 0.1) is 0 Å². The molecule has 0 heterocycles. The second-order valence-corrected chi connectivity index (χ2v) is 4.53. The number of benzene rings is 2. The molecule has 0 saturated heterocycles. The topological polar surface area (TPSA) is 26.3 Å². The minimum atomic E-state index is -0.141. The van der Waals surface area contributed by atoms with Gasteiger partial charge in [-0.25, -0.2) is 0 Å². The van der Waals surface area contributed by atoms with E-state index in [1.807, 2.05) is 6.07 Å². The summed E-state index contributed by atoms with van der Waals surface area (Å²) >= 11 is 0. The van der Waals surface area contributed by atoms with Crippen LogP contribution in [0.4, 0.5) is 0 Å². The predicted octanol–water partition coefficient (Wildman–Crippen LogP) is 4.16. The van der Waals surface area contributed by atoms with Crippen molar-refractivity contribution in [2.75, 3.05) is 0 Å². The Morgan fingerprint density at radius 2 is 1.94 bits per heavy atom. The monoisotopic (exact) mass is 242 g/mol. The van der Waals surface area contributed by atoms with Gasteiger partial charge in [0, 0.05) is 5.56 Å². The summed E-state index contributed by atoms with van der Waals surface area (Å²) in [4.78, 5) is 10.7. The highest BCUT2D eigenvalue weighted by molar-refractivity contribution is 5.89. The van der Waals surface area contributed by atoms with E-state index in [0.717, 1.165) is 18.4 Å². The van der Waals surface area contributed by atoms with Crippen LogP contribution in [0.15, 0.2) is 36.4 Å². The van der Waals surface area contributed by atoms with Crippen LogP contribution in [0.5, 0.6) is 0 Å². The molecule has 0 saturated carbocycles. The van der Waals surface area contributed by atoms with Gasteiger partial charge in [-0.1, -0.05) is 49.7 Å². The largest absolute Gasteiger partial charge is 0.460 e. The van der Waals surface area contributed by atoms with Crippen molar-refractivity contribution < 1.29 is 9.53 Å². The normalized spacial score (nSPS) is 12.3. The van der Waals surface area contributed by atoms with Crippen molar-refractivity contribution in [1.29, 1.82) is 0 Å². The van der Waals surface area contributed by atoms with Crippen LogP contribution in [0.3, 0.4) is 0 Å². The highest BCUT2D eigenvalue weighted by Crippen LogP contribution is 2.31. The second kappa shape index (κ2) is 5.67. The molecule has 94 valence electrons. The molecule has 0 aromatic heterocycles. The lowest BCUT2D eigenvalue weighted by molar-refractivity contribution is -0.134. The third-order valence-electron chi connectivity index (χ3n) is 3.26. The summed E-state index contributed by atoms with van der Waals surface area (Å²) in [5.41, 5.74) is 2.33. The predicted molar refractivity (Wildman–Crippen MR) is 73.5 cm³/mol. The molecule has 2 aromatic carbocycles. The van der Waals surface area contributed by atoms with Crippen molar-refractivity contribution in [3.63, 3.8) is 0 Å². The van der Waals surface area contributed by atoms with Crippen LogP contribution in [0, 0.1) is 6.92 Å². The van der Waals surface area contributed by atoms with E-state index in [0.29, 0.717) is 6.47 Å². The Hall–Kier alpha value is -1.83. The van der Waals surface area contributed by atoms with Gasteiger partial charge in [-0.15, -0.1) is 0 Å². The van der Waals surface area contributed by atoms with E-state index in [1.165, 1.54) is 16.3 Å². The van der Waals surface area contributed by atoms with Gasteiger partial charge in [-0.05, 0) is 29.7 Å². The van der Waals surface area contributed by atoms with Crippen LogP contribution >= 0.6 is 0 Å². The van der Waals surface area contributed by atoms with Gasteiger partial charge < -0.3 is 4.74 Å². The van der Waals surface area contributed by atoms with E-state index >= 15 is 0 Å². The molecule has 2 heteroatoms. The van der Waals surface area contributed by atoms with Gasteiger partial charge in [0.1, 0.15) is 6.10 Å². The molecule has 0 aliphatic rings. The third-order valence-corrected chi connectivity index (χ3v) is 3.26. The molecule has 0 bridgehead atoms. The zero-order valence-corrected chi connectivity index (χ0v) is 10.8. The maximum atomic E-state index is 10.7. The highest BCUT2D eigenvalue weighted by atomic mass is 16.5. The first-order valence-electron chi connectivity index (χ1n) is 6.35. The third kappa shape index (κ3) is 2.37. The van der Waals surface area contributed by atoms with Crippen LogP contribution in [-0.4, -0.2) is 6.47 Å². The average Bonchev–Trinajstić information content (AvgIpc) is 2.38. The summed E-state index contributed by atoms with van der Waals surface area (Å²) in [6.45, 7) is 4.74. The number of carbonyl (C=O) groups excluding carboxylic acids is 1. The standard InChI is InChI=1S/C16H18O2/c1-3-6-15(18-11-17)14-10-5-9-13-8-4-7-12(2)16(13)14/h4-5,7-11,15H,3,6H2,1-2H3. The Morgan fingerprint density at radius 3 is 2.61 bits per heavy atom. The van der Waals surface area contributed by atoms with Crippen LogP contribution in [-0.2, 0) is 9.53 Å². The van der Waals surface area contributed by atoms with Gasteiger partial charge in [0.25, 0.3) is 6.47 Å². The minimum absolute atomic E-state index is 0.141. The molecule has 0 amide bonds. The average molecular weight is 242 g/mol. The molecule has 0 aliphatic heterocycles. The van der Waals surface area contributed by atoms with E-state index in [4.69, 9.17) is 4.74 Å². The van der Waals surface area contributed by atoms with Crippen LogP contribution in [0.25, 0.3) is 10.8 Å². The van der Waals surface area contributed by atoms with E-state index in [1.54, 1.807) is 0 Å². The number of ether oxygens (including phenoxy) is 1. The molecule has 1 atom stereocenters. The van der Waals surface area contributed by atoms with Crippen molar-refractivity contribution in [3.8, 4) is 0 Å². The second-order valence-electron chi connectivity index (χ2n) is 4.53. The lowest BCUT2D eigenvalue weighted by Gasteiger charge is -2.18. The molecule has 2 aromatic rings. The van der Waals surface area contributed by atoms with E-state index < -0.39 is 0 Å². The highest BCUT2D eigenvalue weighted by Gasteiger charge is 2.15. The summed E-state index contributed by atoms with van der Waals surface area (Å²) in [5, 5.41) is 2.41. The van der Waals surface area contributed by atoms with Gasteiger partial charge in [0.2, 0.25) is 0 Å². The molecule has 0 fully saturated rings. The zero-order valence-electron chi connectivity index (χ0n) is 10.8. The summed E-state index contributed by atoms with van der Waals surface area (Å²) in [7, 11) is 0. The molecule has 2 nitrogen and oxygen atoms in total. The summed E-state index contributed by atoms with van der Waals surface area (Å²) in [5.74, 6) is 0. The van der Waals surface area contributed by atoms with Crippen LogP contribution in [0.1, 0.15) is 37.0 Å². The molecular formula is C16H18O2. The first kappa shape index (κ1) is 12.6. The maximum Gasteiger partial charge on any atom is 0.293 e. The van der Waals surface area contributed by atoms with Crippen molar-refractivity contribution in [1.82, 2.24) is 0 Å². The van der Waals surface area contributed by atoms with Gasteiger partial charge in [0.15, 0.2) is 0 Å². The van der Waals surface area contributed by atoms with Crippen LogP contribution in [0.2, 0.25) is 0 Å². The molecule has 0 radical (unpaired) electrons. The van der Waals surface area contributed by atoms with E-state index in [-0.39, 0.29) is 6.10 Å². The van der Waals surface area contributed by atoms with Gasteiger partial charge in [-0.2, -0.15) is 0 Å². The van der Waals surface area contributed by atoms with Crippen LogP contribution < -0.4 is 0 Å². The number of hydrogen-bond donors (Lipinski definition) is 0. The summed E-state index contributed by atoms with van der Waals surface area (Å²) in [6.07, 6.45) is 1.70. The summed E-state index contributed by atoms with van der Waals surface area (Å²) < 4.78 is 5.25. The smallest absolute Gasteiger partial charge is 0.293 e. The minimum Gasteiger partial charge on any atom is -0.460 e. The lowest BCUT2D eigenvalue weighted by Crippen LogP contribution is -2.04. The van der Waals surface area contributed by atoms with E-state index in [9.17, 15) is 4.79 Å². The number of hydrogen-bond acceptors (Lipinski definition) is 2. The van der Waals surface area contributed by atoms with Crippen molar-refractivity contribution >= 4 is 17.2 Å². The number of carbonyl (C=O) groups is 1. The quantitative estimate of drug-likeness (QED) is 0.736. The first-order valence-corrected chi connectivity index (χ1v) is 6.35. The number of fused-ring (bicyclic) bond motifs is 1. The van der Waals surface area contributed by atoms with Crippen molar-refractivity contribution in [3.05, 3.63) is 47.5 Å². The zero-order chi connectivity index (χ0) is 13.0. The van der Waals surface area contributed by atoms with Crippen molar-refractivity contribution in [2.45, 2.75) is 32.8 Å². The number of rotatable bonds is 5. The molecular weight excluding hydrogens is 224 g/mol. The van der Waals surface area contributed by atoms with Crippen molar-refractivity contribution in [2.24, 2.45) is 0 Å². The Morgan fingerprint density at radius 1 is 1.22 bits per heavy atom. The molecule has 1 unspecified atom stereocenters. The first-order chi connectivity index (χ1) is 8.77. The molecule has 0 N–H and O–H groups in total. The fourth-order valence-corrected chi connectivity index (χ4v) is 2.46. The fraction of sp³-hybridized carbons (Fsp3) is 0.312. The Labute approximate surface area is 108 Å². The molecule has 0 aliphatic carbocycles. The Bertz CT molecular complexity index is 541. The van der Waals surface area contributed by atoms with E-state index in [2.05, 4.69) is 44.2 Å². The molecule has 0 spiro atoms. The summed E-state index contributed by atoms with van der Waals surface area (Å²) in [6, 6.07) is 12.4. The Balaban J connectivity index is 2.57. The molecule has 2 rings (SSSR count). The fourth-order valence-electron chi connectivity index (χ4n) is 2.46. The molecule has 18 heavy (non-hydrogen) atoms. The lowest BCUT2D eigenvalue weighted by atomic mass is 9.95. The van der Waals surface area contributed by atoms with Gasteiger partial charge >= 0.3 is 0 Å². The Kier molecular flexibility index (Phi) is 3.98. The maximum absolute atomic E-state index is 10.7.